The van der Waals surface area contributed by atoms with Gasteiger partial charge in [0.15, 0.2) is 5.78 Å². The maximum Gasteiger partial charge on any atom is 0.163 e. The van der Waals surface area contributed by atoms with Gasteiger partial charge in [-0.05, 0) is 46.8 Å². The number of carbonyl (C=O) groups is 1. The molecule has 19 heavy (non-hydrogen) atoms. The summed E-state index contributed by atoms with van der Waals surface area (Å²) in [5, 5.41) is 2.89. The van der Waals surface area contributed by atoms with Crippen molar-refractivity contribution in [2.45, 2.75) is 19.3 Å². The molecule has 3 nitrogen and oxygen atoms in total. The second-order valence-electron chi connectivity index (χ2n) is 4.79. The number of fused-ring (bicyclic) bond motifs is 1. The van der Waals surface area contributed by atoms with E-state index in [1.807, 2.05) is 24.3 Å². The van der Waals surface area contributed by atoms with Gasteiger partial charge in [0, 0.05) is 12.0 Å². The number of ketones is 1. The lowest BCUT2D eigenvalue weighted by Crippen LogP contribution is -2.10. The minimum absolute atomic E-state index is 0.244. The number of aryl methyl sites for hydroxylation is 1. The van der Waals surface area contributed by atoms with Crippen LogP contribution in [0.2, 0.25) is 0 Å². The van der Waals surface area contributed by atoms with Crippen LogP contribution in [0.25, 0.3) is 11.1 Å². The van der Waals surface area contributed by atoms with Crippen molar-refractivity contribution in [3.05, 3.63) is 58.5 Å². The number of benzene rings is 2. The van der Waals surface area contributed by atoms with E-state index in [2.05, 4.69) is 11.2 Å². The predicted octanol–water partition coefficient (Wildman–Crippen LogP) is 4.27. The third-order valence-electron chi connectivity index (χ3n) is 3.56. The highest BCUT2D eigenvalue weighted by Crippen LogP contribution is 2.28. The van der Waals surface area contributed by atoms with E-state index < -0.39 is 0 Å². The Morgan fingerprint density at radius 2 is 1.63 bits per heavy atom. The fraction of sp³-hybridized carbons (Fsp3) is 0.188. The molecule has 3 heteroatoms. The van der Waals surface area contributed by atoms with Gasteiger partial charge >= 0.3 is 0 Å². The van der Waals surface area contributed by atoms with Gasteiger partial charge in [-0.25, -0.2) is 0 Å². The molecule has 1 aliphatic carbocycles. The van der Waals surface area contributed by atoms with Crippen LogP contribution >= 0.6 is 0 Å². The van der Waals surface area contributed by atoms with E-state index in [9.17, 15) is 9.70 Å². The standard InChI is InChI=1S/C16H13NO2/c18-16-3-1-2-13-10-12(6-9-15(13)16)11-4-7-14(17-19)8-5-11/h4-10H,1-3H2. The summed E-state index contributed by atoms with van der Waals surface area (Å²) in [5.41, 5.74) is 4.53. The first kappa shape index (κ1) is 11.8. The molecule has 0 saturated heterocycles. The van der Waals surface area contributed by atoms with Crippen LogP contribution in [0.3, 0.4) is 0 Å². The molecule has 0 radical (unpaired) electrons. The Kier molecular flexibility index (Phi) is 2.95. The van der Waals surface area contributed by atoms with Crippen molar-refractivity contribution in [3.8, 4) is 11.1 Å². The molecule has 3 rings (SSSR count). The monoisotopic (exact) mass is 251 g/mol. The molecule has 0 aliphatic heterocycles. The lowest BCUT2D eigenvalue weighted by Gasteiger charge is -2.15. The zero-order valence-electron chi connectivity index (χ0n) is 10.4. The second kappa shape index (κ2) is 4.76. The van der Waals surface area contributed by atoms with Gasteiger partial charge in [0.2, 0.25) is 0 Å². The molecule has 94 valence electrons. The molecule has 0 spiro atoms. The van der Waals surface area contributed by atoms with Crippen LogP contribution in [0.4, 0.5) is 5.69 Å². The Balaban J connectivity index is 2.01. The molecule has 0 amide bonds. The minimum atomic E-state index is 0.244. The molecule has 0 bridgehead atoms. The number of Topliss-reactive ketones (excluding diaryl/α,β-unsaturated/α-hetero) is 1. The average Bonchev–Trinajstić information content (AvgIpc) is 2.47. The molecular weight excluding hydrogens is 238 g/mol. The third-order valence-corrected chi connectivity index (χ3v) is 3.56. The quantitative estimate of drug-likeness (QED) is 0.748. The van der Waals surface area contributed by atoms with Crippen LogP contribution in [0.1, 0.15) is 28.8 Å². The SMILES string of the molecule is O=Nc1ccc(-c2ccc3c(c2)CCCC3=O)cc1. The van der Waals surface area contributed by atoms with Crippen molar-refractivity contribution in [3.63, 3.8) is 0 Å². The van der Waals surface area contributed by atoms with Crippen molar-refractivity contribution in [2.75, 3.05) is 0 Å². The van der Waals surface area contributed by atoms with E-state index in [0.717, 1.165) is 35.1 Å². The molecule has 0 N–H and O–H groups in total. The summed E-state index contributed by atoms with van der Waals surface area (Å²) >= 11 is 0. The summed E-state index contributed by atoms with van der Waals surface area (Å²) < 4.78 is 0. The van der Waals surface area contributed by atoms with E-state index in [0.29, 0.717) is 12.1 Å². The molecule has 0 atom stereocenters. The Bertz CT molecular complexity index is 644. The normalized spacial score (nSPS) is 14.0. The van der Waals surface area contributed by atoms with Crippen LogP contribution in [0.5, 0.6) is 0 Å². The maximum absolute atomic E-state index is 11.8. The van der Waals surface area contributed by atoms with Crippen molar-refractivity contribution in [1.29, 1.82) is 0 Å². The lowest BCUT2D eigenvalue weighted by molar-refractivity contribution is 0.0972. The fourth-order valence-electron chi connectivity index (χ4n) is 2.54. The third kappa shape index (κ3) is 2.19. The van der Waals surface area contributed by atoms with E-state index in [1.165, 1.54) is 0 Å². The van der Waals surface area contributed by atoms with Crippen LogP contribution < -0.4 is 0 Å². The first-order valence-electron chi connectivity index (χ1n) is 6.38. The Hall–Kier alpha value is -2.29. The highest BCUT2D eigenvalue weighted by molar-refractivity contribution is 5.99. The van der Waals surface area contributed by atoms with Gasteiger partial charge in [0.05, 0.1) is 0 Å². The number of rotatable bonds is 2. The Morgan fingerprint density at radius 1 is 0.895 bits per heavy atom. The number of hydrogen-bond donors (Lipinski definition) is 0. The van der Waals surface area contributed by atoms with E-state index in [4.69, 9.17) is 0 Å². The summed E-state index contributed by atoms with van der Waals surface area (Å²) in [4.78, 5) is 22.2. The summed E-state index contributed by atoms with van der Waals surface area (Å²) in [5.74, 6) is 0.244. The van der Waals surface area contributed by atoms with Crippen LogP contribution in [-0.4, -0.2) is 5.78 Å². The molecular formula is C16H13NO2. The number of hydrogen-bond acceptors (Lipinski definition) is 3. The second-order valence-corrected chi connectivity index (χ2v) is 4.79. The van der Waals surface area contributed by atoms with Crippen molar-refractivity contribution in [2.24, 2.45) is 5.18 Å². The zero-order valence-corrected chi connectivity index (χ0v) is 10.4. The molecule has 2 aromatic rings. The van der Waals surface area contributed by atoms with E-state index in [-0.39, 0.29) is 5.78 Å². The van der Waals surface area contributed by atoms with Crippen LogP contribution in [0.15, 0.2) is 47.6 Å². The number of nitrogens with zero attached hydrogens (tertiary/aromatic N) is 1. The Labute approximate surface area is 111 Å². The van der Waals surface area contributed by atoms with Crippen LogP contribution in [0, 0.1) is 4.91 Å². The first-order chi connectivity index (χ1) is 9.28. The smallest absolute Gasteiger partial charge is 0.163 e. The molecule has 0 heterocycles. The summed E-state index contributed by atoms with van der Waals surface area (Å²) in [6.07, 6.45) is 2.55. The molecule has 0 fully saturated rings. The van der Waals surface area contributed by atoms with Gasteiger partial charge in [-0.2, -0.15) is 0 Å². The summed E-state index contributed by atoms with van der Waals surface area (Å²) in [7, 11) is 0. The predicted molar refractivity (Wildman–Crippen MR) is 74.6 cm³/mol. The lowest BCUT2D eigenvalue weighted by atomic mass is 9.88. The molecule has 0 saturated carbocycles. The summed E-state index contributed by atoms with van der Waals surface area (Å²) in [6, 6.07) is 13.1. The topological polar surface area (TPSA) is 46.5 Å². The number of nitroso groups, excluding NO2 is 1. The average molecular weight is 251 g/mol. The summed E-state index contributed by atoms with van der Waals surface area (Å²) in [6.45, 7) is 0. The minimum Gasteiger partial charge on any atom is -0.294 e. The molecule has 2 aromatic carbocycles. The molecule has 1 aliphatic rings. The van der Waals surface area contributed by atoms with E-state index in [1.54, 1.807) is 12.1 Å². The van der Waals surface area contributed by atoms with Gasteiger partial charge in [-0.15, -0.1) is 4.91 Å². The van der Waals surface area contributed by atoms with Gasteiger partial charge in [-0.3, -0.25) is 4.79 Å². The van der Waals surface area contributed by atoms with Gasteiger partial charge in [0.1, 0.15) is 5.69 Å². The number of carbonyl (C=O) groups excluding carboxylic acids is 1. The fourth-order valence-corrected chi connectivity index (χ4v) is 2.54. The molecule has 0 aromatic heterocycles. The van der Waals surface area contributed by atoms with Gasteiger partial charge in [0.25, 0.3) is 0 Å². The Morgan fingerprint density at radius 3 is 2.37 bits per heavy atom. The highest BCUT2D eigenvalue weighted by Gasteiger charge is 2.17. The largest absolute Gasteiger partial charge is 0.294 e. The first-order valence-corrected chi connectivity index (χ1v) is 6.38. The van der Waals surface area contributed by atoms with Crippen molar-refractivity contribution >= 4 is 11.5 Å². The van der Waals surface area contributed by atoms with Gasteiger partial charge in [-0.1, -0.05) is 30.3 Å². The maximum atomic E-state index is 11.8. The van der Waals surface area contributed by atoms with E-state index >= 15 is 0 Å². The zero-order chi connectivity index (χ0) is 13.2. The highest BCUT2D eigenvalue weighted by atomic mass is 16.3. The van der Waals surface area contributed by atoms with Crippen molar-refractivity contribution in [1.82, 2.24) is 0 Å². The van der Waals surface area contributed by atoms with Gasteiger partial charge < -0.3 is 0 Å². The van der Waals surface area contributed by atoms with Crippen molar-refractivity contribution < 1.29 is 4.79 Å². The van der Waals surface area contributed by atoms with Crippen LogP contribution in [-0.2, 0) is 6.42 Å². The molecule has 0 unspecified atom stereocenters.